The number of ether oxygens (including phenoxy) is 1. The molecule has 88 valence electrons. The van der Waals surface area contributed by atoms with E-state index in [0.717, 1.165) is 30.5 Å². The third-order valence-electron chi connectivity index (χ3n) is 2.84. The maximum absolute atomic E-state index is 5.41. The number of nitrogens with zero attached hydrogens (tertiary/aromatic N) is 2. The van der Waals surface area contributed by atoms with Gasteiger partial charge >= 0.3 is 0 Å². The first-order valence-electron chi connectivity index (χ1n) is 5.55. The fourth-order valence-corrected chi connectivity index (χ4v) is 2.89. The number of nitrogens with one attached hydrogen (secondary N) is 1. The van der Waals surface area contributed by atoms with Crippen LogP contribution in [-0.4, -0.2) is 42.0 Å². The average Bonchev–Trinajstić information content (AvgIpc) is 2.85. The van der Waals surface area contributed by atoms with E-state index in [1.165, 1.54) is 0 Å². The molecule has 0 bridgehead atoms. The summed E-state index contributed by atoms with van der Waals surface area (Å²) in [7, 11) is 2.01. The molecule has 1 aliphatic rings. The number of rotatable bonds is 5. The molecule has 0 aliphatic carbocycles. The van der Waals surface area contributed by atoms with E-state index in [1.807, 2.05) is 13.1 Å². The highest BCUT2D eigenvalue weighted by atomic mass is 32.2. The van der Waals surface area contributed by atoms with Crippen molar-refractivity contribution in [2.75, 3.05) is 26.0 Å². The van der Waals surface area contributed by atoms with Crippen LogP contribution in [0.4, 0.5) is 0 Å². The molecule has 1 aromatic rings. The molecule has 1 fully saturated rings. The van der Waals surface area contributed by atoms with Crippen LogP contribution in [0.3, 0.4) is 0 Å². The van der Waals surface area contributed by atoms with E-state index in [9.17, 15) is 0 Å². The van der Waals surface area contributed by atoms with Crippen molar-refractivity contribution in [1.82, 2.24) is 15.3 Å². The maximum Gasteiger partial charge on any atom is 0.187 e. The van der Waals surface area contributed by atoms with Gasteiger partial charge in [-0.1, -0.05) is 11.8 Å². The Morgan fingerprint density at radius 2 is 2.38 bits per heavy atom. The summed E-state index contributed by atoms with van der Waals surface area (Å²) in [5, 5.41) is 4.21. The number of hydrogen-bond acceptors (Lipinski definition) is 5. The van der Waals surface area contributed by atoms with E-state index in [4.69, 9.17) is 4.74 Å². The molecule has 2 atom stereocenters. The molecule has 16 heavy (non-hydrogen) atoms. The summed E-state index contributed by atoms with van der Waals surface area (Å²) in [5.74, 6) is 1.62. The topological polar surface area (TPSA) is 47.0 Å². The van der Waals surface area contributed by atoms with E-state index < -0.39 is 0 Å². The maximum atomic E-state index is 5.41. The van der Waals surface area contributed by atoms with Crippen LogP contribution in [0.5, 0.6) is 0 Å². The van der Waals surface area contributed by atoms with E-state index in [0.29, 0.717) is 12.0 Å². The van der Waals surface area contributed by atoms with E-state index in [-0.39, 0.29) is 0 Å². The third kappa shape index (κ3) is 3.17. The predicted octanol–water partition coefficient (Wildman–Crippen LogP) is 1.19. The highest BCUT2D eigenvalue weighted by molar-refractivity contribution is 7.99. The van der Waals surface area contributed by atoms with Gasteiger partial charge in [0.05, 0.1) is 6.61 Å². The van der Waals surface area contributed by atoms with Crippen molar-refractivity contribution in [1.29, 1.82) is 0 Å². The Morgan fingerprint density at radius 1 is 1.56 bits per heavy atom. The first-order chi connectivity index (χ1) is 7.90. The summed E-state index contributed by atoms with van der Waals surface area (Å²) in [4.78, 5) is 8.41. The molecule has 2 unspecified atom stereocenters. The molecule has 0 spiro atoms. The lowest BCUT2D eigenvalue weighted by molar-refractivity contribution is 0.179. The zero-order valence-corrected chi connectivity index (χ0v) is 10.2. The van der Waals surface area contributed by atoms with Crippen LogP contribution in [-0.2, 0) is 4.74 Å². The third-order valence-corrected chi connectivity index (χ3v) is 3.83. The van der Waals surface area contributed by atoms with Gasteiger partial charge in [0.2, 0.25) is 0 Å². The Hall–Kier alpha value is -0.650. The van der Waals surface area contributed by atoms with Gasteiger partial charge in [-0.25, -0.2) is 9.97 Å². The molecule has 0 aromatic carbocycles. The molecule has 4 nitrogen and oxygen atoms in total. The molecule has 1 N–H and O–H groups in total. The van der Waals surface area contributed by atoms with Gasteiger partial charge in [0, 0.05) is 36.7 Å². The monoisotopic (exact) mass is 239 g/mol. The second-order valence-electron chi connectivity index (χ2n) is 3.86. The molecule has 0 amide bonds. The smallest absolute Gasteiger partial charge is 0.187 e. The molecule has 1 saturated heterocycles. The number of thioether (sulfide) groups is 1. The van der Waals surface area contributed by atoms with E-state index in [2.05, 4.69) is 15.3 Å². The van der Waals surface area contributed by atoms with Crippen LogP contribution in [0.2, 0.25) is 0 Å². The summed E-state index contributed by atoms with van der Waals surface area (Å²) in [6.45, 7) is 1.77. The molecular formula is C11H17N3OS. The van der Waals surface area contributed by atoms with Crippen LogP contribution in [0.1, 0.15) is 6.42 Å². The summed E-state index contributed by atoms with van der Waals surface area (Å²) >= 11 is 1.70. The van der Waals surface area contributed by atoms with Crippen molar-refractivity contribution < 1.29 is 4.74 Å². The Kier molecular flexibility index (Phi) is 4.56. The Balaban J connectivity index is 1.83. The van der Waals surface area contributed by atoms with Gasteiger partial charge in [-0.05, 0) is 19.5 Å². The van der Waals surface area contributed by atoms with Gasteiger partial charge in [-0.3, -0.25) is 0 Å². The van der Waals surface area contributed by atoms with Gasteiger partial charge in [-0.2, -0.15) is 0 Å². The van der Waals surface area contributed by atoms with Crippen molar-refractivity contribution >= 4 is 11.8 Å². The first-order valence-corrected chi connectivity index (χ1v) is 6.53. The first kappa shape index (κ1) is 11.8. The minimum absolute atomic E-state index is 0.483. The highest BCUT2D eigenvalue weighted by Crippen LogP contribution is 2.21. The lowest BCUT2D eigenvalue weighted by atomic mass is 10.0. The summed E-state index contributed by atoms with van der Waals surface area (Å²) < 4.78 is 5.41. The number of hydrogen-bond donors (Lipinski definition) is 1. The summed E-state index contributed by atoms with van der Waals surface area (Å²) in [6.07, 6.45) is 4.71. The predicted molar refractivity (Wildman–Crippen MR) is 64.5 cm³/mol. The van der Waals surface area contributed by atoms with Crippen molar-refractivity contribution in [3.8, 4) is 0 Å². The molecule has 1 aromatic heterocycles. The van der Waals surface area contributed by atoms with Crippen molar-refractivity contribution in [2.45, 2.75) is 17.6 Å². The Bertz CT molecular complexity index is 303. The summed E-state index contributed by atoms with van der Waals surface area (Å²) in [6, 6.07) is 2.32. The number of aromatic nitrogens is 2. The molecule has 5 heteroatoms. The fourth-order valence-electron chi connectivity index (χ4n) is 1.85. The molecular weight excluding hydrogens is 222 g/mol. The SMILES string of the molecule is CNC(CSc1ncccn1)C1CCOC1. The van der Waals surface area contributed by atoms with Crippen molar-refractivity contribution in [2.24, 2.45) is 5.92 Å². The van der Waals surface area contributed by atoms with Gasteiger partial charge in [0.25, 0.3) is 0 Å². The van der Waals surface area contributed by atoms with Gasteiger partial charge in [0.15, 0.2) is 5.16 Å². The lowest BCUT2D eigenvalue weighted by Crippen LogP contribution is -2.36. The minimum atomic E-state index is 0.483. The van der Waals surface area contributed by atoms with Gasteiger partial charge < -0.3 is 10.1 Å². The normalized spacial score (nSPS) is 22.2. The van der Waals surface area contributed by atoms with Gasteiger partial charge in [-0.15, -0.1) is 0 Å². The molecule has 2 heterocycles. The molecule has 1 aliphatic heterocycles. The van der Waals surface area contributed by atoms with E-state index in [1.54, 1.807) is 24.2 Å². The molecule has 0 radical (unpaired) electrons. The van der Waals surface area contributed by atoms with Crippen LogP contribution in [0, 0.1) is 5.92 Å². The van der Waals surface area contributed by atoms with Gasteiger partial charge in [0.1, 0.15) is 0 Å². The zero-order valence-electron chi connectivity index (χ0n) is 9.43. The van der Waals surface area contributed by atoms with Crippen molar-refractivity contribution in [3.05, 3.63) is 18.5 Å². The minimum Gasteiger partial charge on any atom is -0.381 e. The quantitative estimate of drug-likeness (QED) is 0.618. The standard InChI is InChI=1S/C11H17N3OS/c1-12-10(9-3-6-15-7-9)8-16-11-13-4-2-5-14-11/h2,4-5,9-10,12H,3,6-8H2,1H3. The summed E-state index contributed by atoms with van der Waals surface area (Å²) in [5.41, 5.74) is 0. The average molecular weight is 239 g/mol. The van der Waals surface area contributed by atoms with Crippen LogP contribution in [0.15, 0.2) is 23.6 Å². The lowest BCUT2D eigenvalue weighted by Gasteiger charge is -2.20. The van der Waals surface area contributed by atoms with Crippen LogP contribution in [0.25, 0.3) is 0 Å². The Morgan fingerprint density at radius 3 is 3.00 bits per heavy atom. The van der Waals surface area contributed by atoms with Crippen LogP contribution < -0.4 is 5.32 Å². The largest absolute Gasteiger partial charge is 0.381 e. The van der Waals surface area contributed by atoms with Crippen molar-refractivity contribution in [3.63, 3.8) is 0 Å². The Labute approximate surface area is 100 Å². The fraction of sp³-hybridized carbons (Fsp3) is 0.636. The second kappa shape index (κ2) is 6.18. The van der Waals surface area contributed by atoms with E-state index >= 15 is 0 Å². The van der Waals surface area contributed by atoms with Crippen LogP contribution >= 0.6 is 11.8 Å². The molecule has 0 saturated carbocycles. The second-order valence-corrected chi connectivity index (χ2v) is 4.85. The zero-order chi connectivity index (χ0) is 11.2. The molecule has 2 rings (SSSR count). The highest BCUT2D eigenvalue weighted by Gasteiger charge is 2.24.